The van der Waals surface area contributed by atoms with Crippen molar-refractivity contribution >= 4 is 23.6 Å². The molecule has 0 unspecified atom stereocenters. The molecule has 1 heterocycles. The van der Waals surface area contributed by atoms with E-state index in [0.29, 0.717) is 42.6 Å². The van der Waals surface area contributed by atoms with Gasteiger partial charge in [0.1, 0.15) is 6.10 Å². The summed E-state index contributed by atoms with van der Waals surface area (Å²) in [4.78, 5) is 26.2. The van der Waals surface area contributed by atoms with E-state index < -0.39 is 29.2 Å². The highest BCUT2D eigenvalue weighted by Crippen LogP contribution is 2.44. The highest BCUT2D eigenvalue weighted by Gasteiger charge is 2.51. The molecule has 6 nitrogen and oxygen atoms in total. The zero-order valence-electron chi connectivity index (χ0n) is 22.3. The van der Waals surface area contributed by atoms with Gasteiger partial charge in [0, 0.05) is 48.4 Å². The molecule has 0 aromatic heterocycles. The Hall–Kier alpha value is -1.78. The molecule has 1 aliphatic carbocycles. The molecule has 1 amide bonds. The Labute approximate surface area is 221 Å². The first-order valence-electron chi connectivity index (χ1n) is 12.9. The van der Waals surface area contributed by atoms with E-state index in [4.69, 9.17) is 9.47 Å². The molecule has 1 aromatic carbocycles. The SMILES string of the molecule is CC(=O)O[C@@H](C)[C@]1(C(=O)NCc2cc(C(F)(F)F)ccc2SC(C)(C)C)CC[C@@H](NC2CCOCC2)C1. The topological polar surface area (TPSA) is 76.7 Å². The van der Waals surface area contributed by atoms with Crippen molar-refractivity contribution in [1.29, 1.82) is 0 Å². The molecule has 10 heteroatoms. The number of ether oxygens (including phenoxy) is 2. The molecule has 1 saturated carbocycles. The molecule has 2 aliphatic rings. The number of rotatable bonds is 8. The van der Waals surface area contributed by atoms with Crippen LogP contribution < -0.4 is 10.6 Å². The van der Waals surface area contributed by atoms with Crippen LogP contribution in [-0.4, -0.2) is 48.0 Å². The van der Waals surface area contributed by atoms with Gasteiger partial charge in [-0.2, -0.15) is 13.2 Å². The van der Waals surface area contributed by atoms with E-state index in [0.717, 1.165) is 31.4 Å². The van der Waals surface area contributed by atoms with Gasteiger partial charge >= 0.3 is 12.1 Å². The Bertz CT molecular complexity index is 960. The second-order valence-electron chi connectivity index (χ2n) is 11.1. The third-order valence-electron chi connectivity index (χ3n) is 7.06. The average Bonchev–Trinajstić information content (AvgIpc) is 3.22. The number of thioether (sulfide) groups is 1. The first-order chi connectivity index (χ1) is 17.2. The van der Waals surface area contributed by atoms with Gasteiger partial charge in [-0.3, -0.25) is 9.59 Å². The predicted octanol–water partition coefficient (Wildman–Crippen LogP) is 5.47. The first kappa shape index (κ1) is 29.8. The van der Waals surface area contributed by atoms with Gasteiger partial charge in [0.2, 0.25) is 5.91 Å². The summed E-state index contributed by atoms with van der Waals surface area (Å²) in [5, 5.41) is 6.55. The molecular formula is C27H39F3N2O4S. The molecule has 2 fully saturated rings. The van der Waals surface area contributed by atoms with Crippen LogP contribution in [0.25, 0.3) is 0 Å². The van der Waals surface area contributed by atoms with Crippen LogP contribution >= 0.6 is 11.8 Å². The van der Waals surface area contributed by atoms with Gasteiger partial charge in [0.05, 0.1) is 11.0 Å². The smallest absolute Gasteiger partial charge is 0.416 e. The van der Waals surface area contributed by atoms with Gasteiger partial charge in [-0.05, 0) is 62.8 Å². The average molecular weight is 545 g/mol. The lowest BCUT2D eigenvalue weighted by Gasteiger charge is -2.34. The largest absolute Gasteiger partial charge is 0.462 e. The summed E-state index contributed by atoms with van der Waals surface area (Å²) in [6, 6.07) is 4.05. The third-order valence-corrected chi connectivity index (χ3v) is 8.29. The summed E-state index contributed by atoms with van der Waals surface area (Å²) in [7, 11) is 0. The van der Waals surface area contributed by atoms with Gasteiger partial charge in [0.25, 0.3) is 0 Å². The molecule has 0 spiro atoms. The number of alkyl halides is 3. The Balaban J connectivity index is 1.80. The molecule has 1 saturated heterocycles. The van der Waals surface area contributed by atoms with Gasteiger partial charge in [-0.25, -0.2) is 0 Å². The summed E-state index contributed by atoms with van der Waals surface area (Å²) in [5.74, 6) is -0.774. The van der Waals surface area contributed by atoms with Crippen LogP contribution in [0.3, 0.4) is 0 Å². The van der Waals surface area contributed by atoms with Crippen LogP contribution in [0.2, 0.25) is 0 Å². The molecule has 1 aliphatic heterocycles. The van der Waals surface area contributed by atoms with E-state index in [9.17, 15) is 22.8 Å². The van der Waals surface area contributed by atoms with E-state index in [1.165, 1.54) is 24.8 Å². The Morgan fingerprint density at radius 3 is 2.43 bits per heavy atom. The Morgan fingerprint density at radius 1 is 1.16 bits per heavy atom. The number of hydrogen-bond acceptors (Lipinski definition) is 6. The number of hydrogen-bond donors (Lipinski definition) is 2. The molecule has 37 heavy (non-hydrogen) atoms. The molecule has 0 radical (unpaired) electrons. The first-order valence-corrected chi connectivity index (χ1v) is 13.7. The Kier molecular flexibility index (Phi) is 9.61. The van der Waals surface area contributed by atoms with Gasteiger partial charge in [0.15, 0.2) is 0 Å². The molecule has 208 valence electrons. The van der Waals surface area contributed by atoms with Crippen molar-refractivity contribution in [3.8, 4) is 0 Å². The number of esters is 1. The third kappa shape index (κ3) is 8.10. The van der Waals surface area contributed by atoms with Gasteiger partial charge in [-0.15, -0.1) is 11.8 Å². The Morgan fingerprint density at radius 2 is 1.84 bits per heavy atom. The van der Waals surface area contributed by atoms with Crippen LogP contribution in [0.4, 0.5) is 13.2 Å². The summed E-state index contributed by atoms with van der Waals surface area (Å²) >= 11 is 1.46. The van der Waals surface area contributed by atoms with Crippen molar-refractivity contribution in [2.75, 3.05) is 13.2 Å². The monoisotopic (exact) mass is 544 g/mol. The number of amides is 1. The highest BCUT2D eigenvalue weighted by molar-refractivity contribution is 8.00. The maximum atomic E-state index is 13.7. The second kappa shape index (κ2) is 11.9. The molecule has 3 atom stereocenters. The summed E-state index contributed by atoms with van der Waals surface area (Å²) in [5.41, 5.74) is -1.30. The normalized spacial score (nSPS) is 24.1. The van der Waals surface area contributed by atoms with E-state index >= 15 is 0 Å². The van der Waals surface area contributed by atoms with Crippen molar-refractivity contribution in [3.05, 3.63) is 29.3 Å². The fourth-order valence-electron chi connectivity index (χ4n) is 5.21. The molecular weight excluding hydrogens is 505 g/mol. The second-order valence-corrected chi connectivity index (χ2v) is 13.0. The lowest BCUT2D eigenvalue weighted by Crippen LogP contribution is -2.49. The lowest BCUT2D eigenvalue weighted by molar-refractivity contribution is -0.157. The fraction of sp³-hybridized carbons (Fsp3) is 0.704. The van der Waals surface area contributed by atoms with Crippen molar-refractivity contribution < 1.29 is 32.2 Å². The maximum absolute atomic E-state index is 13.7. The zero-order valence-corrected chi connectivity index (χ0v) is 23.1. The van der Waals surface area contributed by atoms with Crippen LogP contribution in [0.1, 0.15) is 77.8 Å². The number of carbonyl (C=O) groups excluding carboxylic acids is 2. The minimum absolute atomic E-state index is 0.0479. The van der Waals surface area contributed by atoms with E-state index in [1.807, 2.05) is 20.8 Å². The van der Waals surface area contributed by atoms with Crippen molar-refractivity contribution in [1.82, 2.24) is 10.6 Å². The number of halogens is 3. The van der Waals surface area contributed by atoms with E-state index in [1.54, 1.807) is 6.92 Å². The van der Waals surface area contributed by atoms with Crippen molar-refractivity contribution in [3.63, 3.8) is 0 Å². The quantitative estimate of drug-likeness (QED) is 0.334. The van der Waals surface area contributed by atoms with Crippen LogP contribution in [-0.2, 0) is 31.8 Å². The molecule has 3 rings (SSSR count). The molecule has 2 N–H and O–H groups in total. The van der Waals surface area contributed by atoms with Gasteiger partial charge in [-0.1, -0.05) is 20.8 Å². The summed E-state index contributed by atoms with van der Waals surface area (Å²) in [6.07, 6.45) is -1.61. The predicted molar refractivity (Wildman–Crippen MR) is 137 cm³/mol. The number of benzene rings is 1. The molecule has 1 aromatic rings. The minimum Gasteiger partial charge on any atom is -0.462 e. The molecule has 0 bridgehead atoms. The van der Waals surface area contributed by atoms with Crippen LogP contribution in [0.15, 0.2) is 23.1 Å². The van der Waals surface area contributed by atoms with Crippen molar-refractivity contribution in [2.24, 2.45) is 5.41 Å². The van der Waals surface area contributed by atoms with Crippen LogP contribution in [0.5, 0.6) is 0 Å². The van der Waals surface area contributed by atoms with Gasteiger partial charge < -0.3 is 20.1 Å². The fourth-order valence-corrected chi connectivity index (χ4v) is 6.27. The standard InChI is InChI=1S/C27H39F3N2O4S/c1-17(36-18(2)33)26(11-8-22(15-26)32-21-9-12-35-13-10-21)24(34)31-16-19-14-20(27(28,29)30)6-7-23(19)37-25(3,4)5/h6-7,14,17,21-22,32H,8-13,15-16H2,1-5H3,(H,31,34)/t17-,22+,26-/m0/s1. The minimum atomic E-state index is -4.48. The van der Waals surface area contributed by atoms with E-state index in [-0.39, 0.29) is 23.2 Å². The number of nitrogens with one attached hydrogen (secondary N) is 2. The van der Waals surface area contributed by atoms with Crippen molar-refractivity contribution in [2.45, 2.75) is 107 Å². The summed E-state index contributed by atoms with van der Waals surface area (Å²) < 4.78 is 51.1. The van der Waals surface area contributed by atoms with E-state index in [2.05, 4.69) is 10.6 Å². The zero-order chi connectivity index (χ0) is 27.4. The highest BCUT2D eigenvalue weighted by atomic mass is 32.2. The maximum Gasteiger partial charge on any atom is 0.416 e. The summed E-state index contributed by atoms with van der Waals surface area (Å²) in [6.45, 7) is 10.3. The lowest BCUT2D eigenvalue weighted by atomic mass is 9.79. The van der Waals surface area contributed by atoms with Crippen LogP contribution in [0, 0.1) is 5.41 Å². The number of carbonyl (C=O) groups is 2.